The van der Waals surface area contributed by atoms with Crippen molar-refractivity contribution >= 4 is 23.3 Å². The Balaban J connectivity index is 3.08. The molecule has 0 radical (unpaired) electrons. The molecule has 1 aromatic carbocycles. The van der Waals surface area contributed by atoms with E-state index in [2.05, 4.69) is 0 Å². The van der Waals surface area contributed by atoms with E-state index < -0.39 is 12.0 Å². The molecule has 0 saturated carbocycles. The number of benzene rings is 1. The lowest BCUT2D eigenvalue weighted by Crippen LogP contribution is -2.38. The first kappa shape index (κ1) is 12.8. The molecule has 88 valence electrons. The minimum atomic E-state index is -0.815. The Morgan fingerprint density at radius 3 is 2.69 bits per heavy atom. The number of halogens is 1. The number of aliphatic carboxylic acids is 1. The highest BCUT2D eigenvalue weighted by molar-refractivity contribution is 6.31. The van der Waals surface area contributed by atoms with Crippen molar-refractivity contribution in [3.8, 4) is 0 Å². The van der Waals surface area contributed by atoms with E-state index in [1.165, 1.54) is 0 Å². The largest absolute Gasteiger partial charge is 0.480 e. The molecule has 0 bridgehead atoms. The predicted octanol–water partition coefficient (Wildman–Crippen LogP) is 2.95. The van der Waals surface area contributed by atoms with E-state index >= 15 is 0 Å². The normalized spacial score (nSPS) is 12.2. The summed E-state index contributed by atoms with van der Waals surface area (Å²) >= 11 is 6.01. The van der Waals surface area contributed by atoms with Crippen molar-refractivity contribution in [1.82, 2.24) is 0 Å². The highest BCUT2D eigenvalue weighted by Crippen LogP contribution is 2.27. The minimum Gasteiger partial charge on any atom is -0.480 e. The fourth-order valence-corrected chi connectivity index (χ4v) is 1.93. The molecule has 0 unspecified atom stereocenters. The molecule has 1 rings (SSSR count). The molecule has 0 aliphatic rings. The molecular weight excluding hydrogens is 226 g/mol. The van der Waals surface area contributed by atoms with Gasteiger partial charge >= 0.3 is 5.97 Å². The second-order valence-corrected chi connectivity index (χ2v) is 4.16. The number of nitrogens with zero attached hydrogens (tertiary/aromatic N) is 1. The van der Waals surface area contributed by atoms with Gasteiger partial charge in [-0.25, -0.2) is 4.79 Å². The highest BCUT2D eigenvalue weighted by atomic mass is 35.5. The van der Waals surface area contributed by atoms with Gasteiger partial charge in [-0.2, -0.15) is 0 Å². The van der Waals surface area contributed by atoms with Crippen LogP contribution in [0.5, 0.6) is 0 Å². The molecule has 0 heterocycles. The Kier molecular flexibility index (Phi) is 4.19. The Morgan fingerprint density at radius 2 is 2.19 bits per heavy atom. The number of carboxylic acids is 1. The maximum atomic E-state index is 11.1. The number of carbonyl (C=O) groups is 1. The average Bonchev–Trinajstić information content (AvgIpc) is 2.22. The molecule has 0 fully saturated rings. The van der Waals surface area contributed by atoms with Crippen LogP contribution in [0.4, 0.5) is 5.69 Å². The molecule has 0 aliphatic carbocycles. The third-order valence-electron chi connectivity index (χ3n) is 2.76. The molecule has 4 heteroatoms. The van der Waals surface area contributed by atoms with Gasteiger partial charge < -0.3 is 10.0 Å². The van der Waals surface area contributed by atoms with Crippen LogP contribution < -0.4 is 4.90 Å². The van der Waals surface area contributed by atoms with Crippen molar-refractivity contribution in [2.75, 3.05) is 11.9 Å². The van der Waals surface area contributed by atoms with E-state index in [4.69, 9.17) is 16.7 Å². The summed E-state index contributed by atoms with van der Waals surface area (Å²) in [6, 6.07) is 5.00. The van der Waals surface area contributed by atoms with Gasteiger partial charge in [0.15, 0.2) is 0 Å². The first-order valence-corrected chi connectivity index (χ1v) is 5.57. The molecule has 0 saturated heterocycles. The molecule has 0 aromatic heterocycles. The van der Waals surface area contributed by atoms with Crippen LogP contribution in [0.3, 0.4) is 0 Å². The van der Waals surface area contributed by atoms with Gasteiger partial charge in [-0.15, -0.1) is 0 Å². The van der Waals surface area contributed by atoms with Gasteiger partial charge in [0.1, 0.15) is 6.04 Å². The van der Waals surface area contributed by atoms with E-state index in [-0.39, 0.29) is 0 Å². The van der Waals surface area contributed by atoms with Gasteiger partial charge in [0.05, 0.1) is 0 Å². The highest BCUT2D eigenvalue weighted by Gasteiger charge is 2.22. The number of hydrogen-bond acceptors (Lipinski definition) is 2. The molecular formula is C12H16ClNO2. The number of hydrogen-bond donors (Lipinski definition) is 1. The number of anilines is 1. The molecule has 0 spiro atoms. The Bertz CT molecular complexity index is 393. The van der Waals surface area contributed by atoms with Crippen molar-refractivity contribution in [2.24, 2.45) is 0 Å². The molecule has 1 N–H and O–H groups in total. The summed E-state index contributed by atoms with van der Waals surface area (Å²) < 4.78 is 0. The van der Waals surface area contributed by atoms with Crippen LogP contribution in [0.15, 0.2) is 18.2 Å². The third kappa shape index (κ3) is 2.47. The summed E-state index contributed by atoms with van der Waals surface area (Å²) in [6.45, 7) is 3.75. The SMILES string of the molecule is CC[C@@H](C(=O)O)N(C)c1cccc(Cl)c1C. The zero-order valence-electron chi connectivity index (χ0n) is 9.70. The van der Waals surface area contributed by atoms with Crippen LogP contribution in [0.2, 0.25) is 5.02 Å². The number of rotatable bonds is 4. The van der Waals surface area contributed by atoms with Crippen molar-refractivity contribution in [3.05, 3.63) is 28.8 Å². The van der Waals surface area contributed by atoms with Crippen molar-refractivity contribution in [1.29, 1.82) is 0 Å². The molecule has 3 nitrogen and oxygen atoms in total. The predicted molar refractivity (Wildman–Crippen MR) is 66.3 cm³/mol. The second kappa shape index (κ2) is 5.21. The van der Waals surface area contributed by atoms with E-state index in [9.17, 15) is 4.79 Å². The lowest BCUT2D eigenvalue weighted by atomic mass is 10.1. The van der Waals surface area contributed by atoms with Crippen LogP contribution in [0, 0.1) is 6.92 Å². The summed E-state index contributed by atoms with van der Waals surface area (Å²) in [7, 11) is 1.78. The Morgan fingerprint density at radius 1 is 1.56 bits per heavy atom. The van der Waals surface area contributed by atoms with Gasteiger partial charge in [0.25, 0.3) is 0 Å². The standard InChI is InChI=1S/C12H16ClNO2/c1-4-10(12(15)16)14(3)11-7-5-6-9(13)8(11)2/h5-7,10H,4H2,1-3H3,(H,15,16)/t10-/m0/s1. The van der Waals surface area contributed by atoms with Crippen molar-refractivity contribution < 1.29 is 9.90 Å². The van der Waals surface area contributed by atoms with Gasteiger partial charge in [-0.3, -0.25) is 0 Å². The molecule has 16 heavy (non-hydrogen) atoms. The van der Waals surface area contributed by atoms with Gasteiger partial charge in [-0.1, -0.05) is 24.6 Å². The Labute approximate surface area is 101 Å². The maximum absolute atomic E-state index is 11.1. The zero-order valence-corrected chi connectivity index (χ0v) is 10.5. The summed E-state index contributed by atoms with van der Waals surface area (Å²) in [5, 5.41) is 9.75. The summed E-state index contributed by atoms with van der Waals surface area (Å²) in [6.07, 6.45) is 0.553. The van der Waals surface area contributed by atoms with Crippen LogP contribution in [0.1, 0.15) is 18.9 Å². The number of likely N-dealkylation sites (N-methyl/N-ethyl adjacent to an activating group) is 1. The van der Waals surface area contributed by atoms with Crippen molar-refractivity contribution in [2.45, 2.75) is 26.3 Å². The van der Waals surface area contributed by atoms with E-state index in [1.54, 1.807) is 18.0 Å². The van der Waals surface area contributed by atoms with Crippen LogP contribution in [0.25, 0.3) is 0 Å². The molecule has 1 aromatic rings. The van der Waals surface area contributed by atoms with Crippen LogP contribution in [-0.2, 0) is 4.79 Å². The van der Waals surface area contributed by atoms with Crippen molar-refractivity contribution in [3.63, 3.8) is 0 Å². The first-order chi connectivity index (χ1) is 7.49. The topological polar surface area (TPSA) is 40.5 Å². The second-order valence-electron chi connectivity index (χ2n) is 3.76. The maximum Gasteiger partial charge on any atom is 0.326 e. The van der Waals surface area contributed by atoms with Crippen LogP contribution >= 0.6 is 11.6 Å². The summed E-state index contributed by atoms with van der Waals surface area (Å²) in [4.78, 5) is 12.8. The summed E-state index contributed by atoms with van der Waals surface area (Å²) in [5.74, 6) is -0.815. The fraction of sp³-hybridized carbons (Fsp3) is 0.417. The first-order valence-electron chi connectivity index (χ1n) is 5.19. The molecule has 1 atom stereocenters. The quantitative estimate of drug-likeness (QED) is 0.881. The average molecular weight is 242 g/mol. The smallest absolute Gasteiger partial charge is 0.326 e. The van der Waals surface area contributed by atoms with Crippen LogP contribution in [-0.4, -0.2) is 24.2 Å². The molecule has 0 aliphatic heterocycles. The molecule has 0 amide bonds. The van der Waals surface area contributed by atoms with E-state index in [1.807, 2.05) is 26.0 Å². The van der Waals surface area contributed by atoms with E-state index in [0.717, 1.165) is 11.3 Å². The van der Waals surface area contributed by atoms with Gasteiger partial charge in [-0.05, 0) is 31.0 Å². The van der Waals surface area contributed by atoms with Gasteiger partial charge in [0.2, 0.25) is 0 Å². The fourth-order valence-electron chi connectivity index (χ4n) is 1.76. The van der Waals surface area contributed by atoms with Gasteiger partial charge in [0, 0.05) is 17.8 Å². The summed E-state index contributed by atoms with van der Waals surface area (Å²) in [5.41, 5.74) is 1.77. The lowest BCUT2D eigenvalue weighted by Gasteiger charge is -2.27. The lowest BCUT2D eigenvalue weighted by molar-refractivity contribution is -0.138. The zero-order chi connectivity index (χ0) is 12.3. The van der Waals surface area contributed by atoms with E-state index in [0.29, 0.717) is 11.4 Å². The minimum absolute atomic E-state index is 0.517. The monoisotopic (exact) mass is 241 g/mol. The Hall–Kier alpha value is -1.22. The third-order valence-corrected chi connectivity index (χ3v) is 3.17. The number of carboxylic acid groups (broad SMARTS) is 1.